The van der Waals surface area contributed by atoms with Crippen molar-refractivity contribution in [2.75, 3.05) is 13.2 Å². The van der Waals surface area contributed by atoms with Crippen molar-refractivity contribution in [1.82, 2.24) is 4.90 Å². The Hall–Kier alpha value is 0.177. The Labute approximate surface area is 70.8 Å². The van der Waals surface area contributed by atoms with Gasteiger partial charge < -0.3 is 4.90 Å². The molecule has 2 rings (SSSR count). The molecule has 0 aromatic rings. The van der Waals surface area contributed by atoms with E-state index in [0.29, 0.717) is 0 Å². The second kappa shape index (κ2) is 2.59. The van der Waals surface area contributed by atoms with Gasteiger partial charge in [0, 0.05) is 6.04 Å². The van der Waals surface area contributed by atoms with Gasteiger partial charge in [0.25, 0.3) is 0 Å². The van der Waals surface area contributed by atoms with Crippen molar-refractivity contribution < 1.29 is 0 Å². The summed E-state index contributed by atoms with van der Waals surface area (Å²) in [7, 11) is 1.64. The highest BCUT2D eigenvalue weighted by Crippen LogP contribution is 2.39. The lowest BCUT2D eigenvalue weighted by molar-refractivity contribution is 0.341. The molecule has 2 saturated heterocycles. The highest BCUT2D eigenvalue weighted by Gasteiger charge is 2.43. The molecule has 1 nitrogen and oxygen atoms in total. The van der Waals surface area contributed by atoms with Crippen LogP contribution in [0.15, 0.2) is 0 Å². The summed E-state index contributed by atoms with van der Waals surface area (Å²) in [6.45, 7) is 2.40. The summed E-state index contributed by atoms with van der Waals surface area (Å²) in [5.41, 5.74) is 0. The lowest BCUT2D eigenvalue weighted by Crippen LogP contribution is -2.33. The zero-order valence-corrected chi connectivity index (χ0v) is 8.77. The fourth-order valence-electron chi connectivity index (χ4n) is 3.02. The summed E-state index contributed by atoms with van der Waals surface area (Å²) in [6, 6.07) is 5.78. The second-order valence-electron chi connectivity index (χ2n) is 4.68. The van der Waals surface area contributed by atoms with Crippen LogP contribution in [0.1, 0.15) is 19.8 Å². The Morgan fingerprint density at radius 2 is 1.91 bits per heavy atom. The molecule has 0 aromatic heterocycles. The van der Waals surface area contributed by atoms with Crippen LogP contribution in [0.3, 0.4) is 0 Å². The van der Waals surface area contributed by atoms with E-state index >= 15 is 0 Å². The normalized spacial score (nSPS) is 37.1. The smallest absolute Gasteiger partial charge is 0.0705 e. The van der Waals surface area contributed by atoms with Gasteiger partial charge in [-0.15, -0.1) is 0 Å². The molecule has 2 aliphatic rings. The van der Waals surface area contributed by atoms with Gasteiger partial charge in [0.1, 0.15) is 0 Å². The number of nitrogens with zero attached hydrogens (tertiary/aromatic N) is 1. The van der Waals surface area contributed by atoms with Crippen LogP contribution in [-0.4, -0.2) is 32.2 Å². The van der Waals surface area contributed by atoms with E-state index in [1.165, 1.54) is 6.17 Å². The molecule has 0 radical (unpaired) electrons. The van der Waals surface area contributed by atoms with E-state index < -0.39 is 8.07 Å². The first-order valence-electron chi connectivity index (χ1n) is 4.92. The summed E-state index contributed by atoms with van der Waals surface area (Å²) in [6.07, 6.45) is 4.60. The van der Waals surface area contributed by atoms with E-state index in [-0.39, 0.29) is 0 Å². The molecular formula is C9H19NSi. The molecule has 1 atom stereocenters. The number of rotatable bonds is 0. The highest BCUT2D eigenvalue weighted by atomic mass is 28.3. The monoisotopic (exact) mass is 169 g/mol. The van der Waals surface area contributed by atoms with Gasteiger partial charge in [-0.1, -0.05) is 24.9 Å². The first-order chi connectivity index (χ1) is 5.22. The third-order valence-electron chi connectivity index (χ3n) is 3.73. The van der Waals surface area contributed by atoms with Gasteiger partial charge >= 0.3 is 0 Å². The lowest BCUT2D eigenvalue weighted by Gasteiger charge is -2.18. The SMILES string of the molecule is CC1C[Si]2(CCCC2)CN1C. The first-order valence-corrected chi connectivity index (χ1v) is 7.75. The predicted molar refractivity (Wildman–Crippen MR) is 51.5 cm³/mol. The van der Waals surface area contributed by atoms with Crippen LogP contribution in [0.2, 0.25) is 18.1 Å². The minimum Gasteiger partial charge on any atom is -0.307 e. The summed E-state index contributed by atoms with van der Waals surface area (Å²) < 4.78 is 0. The van der Waals surface area contributed by atoms with Crippen LogP contribution in [0, 0.1) is 0 Å². The minimum atomic E-state index is -0.669. The average Bonchev–Trinajstić information content (AvgIpc) is 2.46. The van der Waals surface area contributed by atoms with Gasteiger partial charge in [-0.2, -0.15) is 0 Å². The maximum atomic E-state index is 2.59. The van der Waals surface area contributed by atoms with Crippen molar-refractivity contribution in [3.63, 3.8) is 0 Å². The van der Waals surface area contributed by atoms with Gasteiger partial charge in [-0.25, -0.2) is 0 Å². The van der Waals surface area contributed by atoms with Crippen LogP contribution in [0.5, 0.6) is 0 Å². The van der Waals surface area contributed by atoms with Crippen LogP contribution in [0.4, 0.5) is 0 Å². The number of hydrogen-bond donors (Lipinski definition) is 0. The van der Waals surface area contributed by atoms with Crippen molar-refractivity contribution in [2.45, 2.75) is 43.9 Å². The van der Waals surface area contributed by atoms with Crippen LogP contribution in [0.25, 0.3) is 0 Å². The lowest BCUT2D eigenvalue weighted by atomic mass is 10.4. The largest absolute Gasteiger partial charge is 0.307 e. The molecule has 1 unspecified atom stereocenters. The zero-order valence-electron chi connectivity index (χ0n) is 7.77. The molecule has 2 heterocycles. The van der Waals surface area contributed by atoms with Crippen molar-refractivity contribution >= 4 is 8.07 Å². The van der Waals surface area contributed by atoms with E-state index in [1.54, 1.807) is 31.0 Å². The Bertz CT molecular complexity index is 140. The van der Waals surface area contributed by atoms with Crippen molar-refractivity contribution in [2.24, 2.45) is 0 Å². The quantitative estimate of drug-likeness (QED) is 0.502. The van der Waals surface area contributed by atoms with Crippen LogP contribution in [-0.2, 0) is 0 Å². The molecule has 0 bridgehead atoms. The summed E-state index contributed by atoms with van der Waals surface area (Å²) in [4.78, 5) is 2.59. The highest BCUT2D eigenvalue weighted by molar-refractivity contribution is 6.81. The molecule has 0 N–H and O–H groups in total. The van der Waals surface area contributed by atoms with E-state index in [0.717, 1.165) is 6.04 Å². The Kier molecular flexibility index (Phi) is 1.84. The van der Waals surface area contributed by atoms with Gasteiger partial charge in [-0.05, 0) is 26.2 Å². The van der Waals surface area contributed by atoms with Gasteiger partial charge in [0.2, 0.25) is 0 Å². The third kappa shape index (κ3) is 1.27. The molecule has 2 fully saturated rings. The van der Waals surface area contributed by atoms with Crippen molar-refractivity contribution in [3.8, 4) is 0 Å². The molecule has 0 aliphatic carbocycles. The molecule has 0 aromatic carbocycles. The van der Waals surface area contributed by atoms with Gasteiger partial charge in [0.05, 0.1) is 8.07 Å². The Balaban J connectivity index is 2.06. The maximum absolute atomic E-state index is 2.59. The van der Waals surface area contributed by atoms with E-state index in [2.05, 4.69) is 18.9 Å². The van der Waals surface area contributed by atoms with Gasteiger partial charge in [-0.3, -0.25) is 0 Å². The molecule has 2 aliphatic heterocycles. The molecule has 0 amide bonds. The summed E-state index contributed by atoms with van der Waals surface area (Å²) in [5, 5.41) is 0. The standard InChI is InChI=1S/C9H19NSi/c1-9-7-11(8-10(9)2)5-3-4-6-11/h9H,3-8H2,1-2H3. The second-order valence-corrected chi connectivity index (χ2v) is 9.40. The van der Waals surface area contributed by atoms with Crippen molar-refractivity contribution in [1.29, 1.82) is 0 Å². The Morgan fingerprint density at radius 3 is 2.36 bits per heavy atom. The van der Waals surface area contributed by atoms with E-state index in [1.807, 2.05) is 0 Å². The molecule has 2 heteroatoms. The summed E-state index contributed by atoms with van der Waals surface area (Å²) in [5.74, 6) is 0. The molecule has 64 valence electrons. The van der Waals surface area contributed by atoms with Crippen LogP contribution >= 0.6 is 0 Å². The maximum Gasteiger partial charge on any atom is 0.0705 e. The van der Waals surface area contributed by atoms with E-state index in [9.17, 15) is 0 Å². The Morgan fingerprint density at radius 1 is 1.27 bits per heavy atom. The topological polar surface area (TPSA) is 3.24 Å². The summed E-state index contributed by atoms with van der Waals surface area (Å²) >= 11 is 0. The predicted octanol–water partition coefficient (Wildman–Crippen LogP) is 2.10. The fraction of sp³-hybridized carbons (Fsp3) is 1.00. The van der Waals surface area contributed by atoms with Gasteiger partial charge in [0.15, 0.2) is 0 Å². The molecule has 1 spiro atoms. The zero-order chi connectivity index (χ0) is 7.90. The first kappa shape index (κ1) is 7.81. The van der Waals surface area contributed by atoms with Crippen LogP contribution < -0.4 is 0 Å². The molecular weight excluding hydrogens is 150 g/mol. The fourth-order valence-corrected chi connectivity index (χ4v) is 9.06. The molecule has 11 heavy (non-hydrogen) atoms. The average molecular weight is 169 g/mol. The third-order valence-corrected chi connectivity index (χ3v) is 9.18. The number of hydrogen-bond acceptors (Lipinski definition) is 1. The minimum absolute atomic E-state index is 0.669. The van der Waals surface area contributed by atoms with E-state index in [4.69, 9.17) is 0 Å². The van der Waals surface area contributed by atoms with Crippen molar-refractivity contribution in [3.05, 3.63) is 0 Å². The molecule has 0 saturated carbocycles.